The van der Waals surface area contributed by atoms with Gasteiger partial charge in [0.05, 0.1) is 6.10 Å². The van der Waals surface area contributed by atoms with E-state index in [0.717, 1.165) is 32.5 Å². The van der Waals surface area contributed by atoms with E-state index in [9.17, 15) is 4.79 Å². The summed E-state index contributed by atoms with van der Waals surface area (Å²) in [5.41, 5.74) is 0. The first-order valence-electron chi connectivity index (χ1n) is 5.78. The molecule has 1 saturated carbocycles. The Labute approximate surface area is 90.6 Å². The number of nitrogens with one attached hydrogen (secondary N) is 1. The molecule has 2 aliphatic rings. The Morgan fingerprint density at radius 1 is 1.40 bits per heavy atom. The van der Waals surface area contributed by atoms with Crippen molar-refractivity contribution in [3.8, 4) is 0 Å². The fourth-order valence-electron chi connectivity index (χ4n) is 2.23. The molecule has 2 fully saturated rings. The summed E-state index contributed by atoms with van der Waals surface area (Å²) in [6, 6.07) is 0. The number of rotatable bonds is 4. The number of carbonyl (C=O) groups is 1. The minimum absolute atomic E-state index is 0.116. The fraction of sp³-hybridized carbons (Fsp3) is 0.909. The van der Waals surface area contributed by atoms with Crippen LogP contribution in [0.25, 0.3) is 0 Å². The molecular weight excluding hydrogens is 192 g/mol. The molecule has 1 saturated heterocycles. The topological polar surface area (TPSA) is 52.6 Å². The highest BCUT2D eigenvalue weighted by Gasteiger charge is 2.30. The van der Waals surface area contributed by atoms with E-state index < -0.39 is 0 Å². The molecule has 4 heteroatoms. The Kier molecular flexibility index (Phi) is 3.26. The second-order valence-corrected chi connectivity index (χ2v) is 4.99. The molecule has 1 heterocycles. The molecule has 2 N–H and O–H groups in total. The van der Waals surface area contributed by atoms with E-state index >= 15 is 0 Å². The van der Waals surface area contributed by atoms with Crippen LogP contribution in [0.2, 0.25) is 0 Å². The maximum atomic E-state index is 11.7. The molecule has 0 spiro atoms. The third-order valence-corrected chi connectivity index (χ3v) is 3.50. The van der Waals surface area contributed by atoms with Gasteiger partial charge >= 0.3 is 0 Å². The van der Waals surface area contributed by atoms with Crippen molar-refractivity contribution in [1.82, 2.24) is 10.2 Å². The summed E-state index contributed by atoms with van der Waals surface area (Å²) in [4.78, 5) is 13.6. The highest BCUT2D eigenvalue weighted by Crippen LogP contribution is 2.27. The number of carbonyl (C=O) groups excluding carboxylic acids is 1. The lowest BCUT2D eigenvalue weighted by Gasteiger charge is -2.35. The van der Waals surface area contributed by atoms with Gasteiger partial charge in [0.15, 0.2) is 0 Å². The van der Waals surface area contributed by atoms with E-state index in [1.165, 1.54) is 0 Å². The molecule has 0 radical (unpaired) electrons. The van der Waals surface area contributed by atoms with Gasteiger partial charge in [-0.1, -0.05) is 0 Å². The van der Waals surface area contributed by atoms with Crippen molar-refractivity contribution in [2.75, 3.05) is 26.7 Å². The minimum Gasteiger partial charge on any atom is -0.393 e. The van der Waals surface area contributed by atoms with E-state index in [-0.39, 0.29) is 12.0 Å². The number of hydrogen-bond acceptors (Lipinski definition) is 3. The first-order valence-corrected chi connectivity index (χ1v) is 5.78. The Bertz CT molecular complexity index is 235. The molecule has 86 valence electrons. The number of aliphatic hydroxyl groups is 1. The lowest BCUT2D eigenvalue weighted by molar-refractivity contribution is -0.132. The summed E-state index contributed by atoms with van der Waals surface area (Å²) >= 11 is 0. The van der Waals surface area contributed by atoms with Crippen LogP contribution in [0.1, 0.15) is 19.3 Å². The molecule has 0 atom stereocenters. The SMILES string of the molecule is CN(CC1CC(O)C1)C(=O)CC1CNC1. The summed E-state index contributed by atoms with van der Waals surface area (Å²) in [7, 11) is 1.87. The molecule has 2 rings (SSSR count). The highest BCUT2D eigenvalue weighted by molar-refractivity contribution is 5.76. The van der Waals surface area contributed by atoms with Gasteiger partial charge in [-0.2, -0.15) is 0 Å². The lowest BCUT2D eigenvalue weighted by atomic mass is 9.82. The number of amides is 1. The van der Waals surface area contributed by atoms with Crippen LogP contribution >= 0.6 is 0 Å². The summed E-state index contributed by atoms with van der Waals surface area (Å²) in [5, 5.41) is 12.3. The van der Waals surface area contributed by atoms with Gasteiger partial charge in [0, 0.05) is 20.0 Å². The van der Waals surface area contributed by atoms with Crippen LogP contribution in [0.15, 0.2) is 0 Å². The standard InChI is InChI=1S/C11H20N2O2/c1-13(7-8-2-10(14)3-8)11(15)4-9-5-12-6-9/h8-10,12,14H,2-7H2,1H3. The van der Waals surface area contributed by atoms with Gasteiger partial charge in [0.2, 0.25) is 5.91 Å². The second-order valence-electron chi connectivity index (χ2n) is 4.99. The zero-order chi connectivity index (χ0) is 10.8. The summed E-state index contributed by atoms with van der Waals surface area (Å²) < 4.78 is 0. The second kappa shape index (κ2) is 4.49. The molecule has 15 heavy (non-hydrogen) atoms. The quantitative estimate of drug-likeness (QED) is 0.680. The number of aliphatic hydroxyl groups excluding tert-OH is 1. The van der Waals surface area contributed by atoms with Crippen LogP contribution in [0.4, 0.5) is 0 Å². The van der Waals surface area contributed by atoms with Crippen LogP contribution in [0.3, 0.4) is 0 Å². The van der Waals surface area contributed by atoms with Gasteiger partial charge < -0.3 is 15.3 Å². The molecule has 0 aromatic heterocycles. The Morgan fingerprint density at radius 2 is 2.07 bits per heavy atom. The molecule has 1 aliphatic carbocycles. The Hall–Kier alpha value is -0.610. The van der Waals surface area contributed by atoms with Gasteiger partial charge in [0.25, 0.3) is 0 Å². The van der Waals surface area contributed by atoms with Crippen molar-refractivity contribution in [2.45, 2.75) is 25.4 Å². The van der Waals surface area contributed by atoms with Gasteiger partial charge in [-0.25, -0.2) is 0 Å². The molecule has 0 aromatic carbocycles. The van der Waals surface area contributed by atoms with E-state index in [4.69, 9.17) is 5.11 Å². The maximum Gasteiger partial charge on any atom is 0.222 e. The Morgan fingerprint density at radius 3 is 2.53 bits per heavy atom. The molecule has 1 aliphatic heterocycles. The van der Waals surface area contributed by atoms with Crippen LogP contribution in [0.5, 0.6) is 0 Å². The van der Waals surface area contributed by atoms with Gasteiger partial charge in [0.1, 0.15) is 0 Å². The Balaban J connectivity index is 1.65. The normalized spacial score (nSPS) is 30.5. The molecule has 0 unspecified atom stereocenters. The van der Waals surface area contributed by atoms with Crippen molar-refractivity contribution in [2.24, 2.45) is 11.8 Å². The first-order chi connectivity index (χ1) is 7.15. The average molecular weight is 212 g/mol. The smallest absolute Gasteiger partial charge is 0.222 e. The maximum absolute atomic E-state index is 11.7. The van der Waals surface area contributed by atoms with E-state index in [1.807, 2.05) is 11.9 Å². The van der Waals surface area contributed by atoms with Gasteiger partial charge in [-0.3, -0.25) is 4.79 Å². The first kappa shape index (κ1) is 10.9. The molecule has 0 aromatic rings. The van der Waals surface area contributed by atoms with Crippen molar-refractivity contribution in [3.05, 3.63) is 0 Å². The van der Waals surface area contributed by atoms with Crippen molar-refractivity contribution < 1.29 is 9.90 Å². The molecular formula is C11H20N2O2. The highest BCUT2D eigenvalue weighted by atomic mass is 16.3. The summed E-state index contributed by atoms with van der Waals surface area (Å²) in [5.74, 6) is 1.32. The van der Waals surface area contributed by atoms with Crippen molar-refractivity contribution in [1.29, 1.82) is 0 Å². The predicted molar refractivity (Wildman–Crippen MR) is 57.3 cm³/mol. The molecule has 0 bridgehead atoms. The molecule has 1 amide bonds. The average Bonchev–Trinajstić information content (AvgIpc) is 2.08. The number of nitrogens with zero attached hydrogens (tertiary/aromatic N) is 1. The third-order valence-electron chi connectivity index (χ3n) is 3.50. The van der Waals surface area contributed by atoms with Gasteiger partial charge in [-0.15, -0.1) is 0 Å². The predicted octanol–water partition coefficient (Wildman–Crippen LogP) is -0.175. The third kappa shape index (κ3) is 2.69. The largest absolute Gasteiger partial charge is 0.393 e. The lowest BCUT2D eigenvalue weighted by Crippen LogP contribution is -2.46. The van der Waals surface area contributed by atoms with E-state index in [0.29, 0.717) is 18.3 Å². The van der Waals surface area contributed by atoms with Gasteiger partial charge in [-0.05, 0) is 37.8 Å². The monoisotopic (exact) mass is 212 g/mol. The fourth-order valence-corrected chi connectivity index (χ4v) is 2.23. The van der Waals surface area contributed by atoms with Crippen LogP contribution < -0.4 is 5.32 Å². The van der Waals surface area contributed by atoms with Crippen LogP contribution in [0, 0.1) is 11.8 Å². The summed E-state index contributed by atoms with van der Waals surface area (Å²) in [6.07, 6.45) is 2.29. The van der Waals surface area contributed by atoms with Crippen LogP contribution in [-0.4, -0.2) is 48.7 Å². The molecule has 4 nitrogen and oxygen atoms in total. The van der Waals surface area contributed by atoms with Crippen molar-refractivity contribution in [3.63, 3.8) is 0 Å². The zero-order valence-electron chi connectivity index (χ0n) is 9.28. The number of hydrogen-bond donors (Lipinski definition) is 2. The minimum atomic E-state index is -0.116. The zero-order valence-corrected chi connectivity index (χ0v) is 9.28. The summed E-state index contributed by atoms with van der Waals surface area (Å²) in [6.45, 7) is 2.79. The van der Waals surface area contributed by atoms with E-state index in [2.05, 4.69) is 5.32 Å². The van der Waals surface area contributed by atoms with Crippen molar-refractivity contribution >= 4 is 5.91 Å². The van der Waals surface area contributed by atoms with Crippen LogP contribution in [-0.2, 0) is 4.79 Å². The van der Waals surface area contributed by atoms with E-state index in [1.54, 1.807) is 0 Å².